The number of hydrogen-bond donors (Lipinski definition) is 1. The number of amides is 3. The minimum atomic E-state index is -0.364. The Labute approximate surface area is 106 Å². The highest BCUT2D eigenvalue weighted by molar-refractivity contribution is 6.05. The zero-order chi connectivity index (χ0) is 13.3. The van der Waals surface area contributed by atoms with Crippen LogP contribution in [0.25, 0.3) is 0 Å². The van der Waals surface area contributed by atoms with Crippen molar-refractivity contribution < 1.29 is 9.59 Å². The number of aryl methyl sites for hydroxylation is 1. The van der Waals surface area contributed by atoms with E-state index in [9.17, 15) is 9.59 Å². The fraction of sp³-hybridized carbons (Fsp3) is 0.462. The molecule has 0 bridgehead atoms. The second-order valence-electron chi connectivity index (χ2n) is 4.78. The molecule has 2 rings (SSSR count). The van der Waals surface area contributed by atoms with Crippen LogP contribution in [-0.4, -0.2) is 23.5 Å². The van der Waals surface area contributed by atoms with Crippen LogP contribution >= 0.6 is 0 Å². The first-order chi connectivity index (χ1) is 8.49. The van der Waals surface area contributed by atoms with Crippen LogP contribution in [0.3, 0.4) is 0 Å². The van der Waals surface area contributed by atoms with Gasteiger partial charge in [-0.1, -0.05) is 13.8 Å². The number of imide groups is 1. The van der Waals surface area contributed by atoms with E-state index in [4.69, 9.17) is 0 Å². The van der Waals surface area contributed by atoms with Crippen molar-refractivity contribution in [2.75, 3.05) is 11.4 Å². The van der Waals surface area contributed by atoms with Crippen molar-refractivity contribution in [3.05, 3.63) is 23.5 Å². The molecule has 0 radical (unpaired) electrons. The topological polar surface area (TPSA) is 62.3 Å². The van der Waals surface area contributed by atoms with Gasteiger partial charge in [-0.25, -0.2) is 4.79 Å². The van der Waals surface area contributed by atoms with E-state index in [-0.39, 0.29) is 11.9 Å². The summed E-state index contributed by atoms with van der Waals surface area (Å²) in [6.07, 6.45) is 2.16. The molecule has 1 fully saturated rings. The summed E-state index contributed by atoms with van der Waals surface area (Å²) in [4.78, 5) is 28.8. The molecule has 1 aromatic rings. The Morgan fingerprint density at radius 3 is 2.72 bits per heavy atom. The van der Waals surface area contributed by atoms with Gasteiger partial charge < -0.3 is 0 Å². The first kappa shape index (κ1) is 12.5. The van der Waals surface area contributed by atoms with Gasteiger partial charge in [0, 0.05) is 19.2 Å². The molecule has 5 heteroatoms. The van der Waals surface area contributed by atoms with Crippen LogP contribution in [0.5, 0.6) is 0 Å². The second kappa shape index (κ2) is 4.76. The minimum Gasteiger partial charge on any atom is -0.292 e. The quantitative estimate of drug-likeness (QED) is 0.869. The average molecular weight is 247 g/mol. The van der Waals surface area contributed by atoms with Crippen molar-refractivity contribution in [1.29, 1.82) is 0 Å². The molecule has 0 saturated carbocycles. The number of nitrogens with one attached hydrogen (secondary N) is 1. The first-order valence-electron chi connectivity index (χ1n) is 6.07. The van der Waals surface area contributed by atoms with E-state index in [1.54, 1.807) is 4.90 Å². The summed E-state index contributed by atoms with van der Waals surface area (Å²) in [5.74, 6) is 0.133. The van der Waals surface area contributed by atoms with Crippen LogP contribution in [0.15, 0.2) is 12.3 Å². The van der Waals surface area contributed by atoms with Crippen molar-refractivity contribution in [3.8, 4) is 0 Å². The molecule has 0 aromatic carbocycles. The molecule has 2 heterocycles. The van der Waals surface area contributed by atoms with Crippen LogP contribution in [-0.2, 0) is 4.79 Å². The molecular formula is C13H17N3O2. The zero-order valence-corrected chi connectivity index (χ0v) is 10.9. The van der Waals surface area contributed by atoms with Crippen molar-refractivity contribution >= 4 is 17.6 Å². The third-order valence-electron chi connectivity index (χ3n) is 3.09. The molecule has 5 nitrogen and oxygen atoms in total. The largest absolute Gasteiger partial charge is 0.328 e. The van der Waals surface area contributed by atoms with E-state index in [0.717, 1.165) is 16.9 Å². The molecule has 1 aliphatic rings. The van der Waals surface area contributed by atoms with E-state index < -0.39 is 0 Å². The number of carbonyl (C=O) groups excluding carboxylic acids is 2. The molecule has 3 amide bonds. The normalized spacial score (nSPS) is 16.1. The maximum atomic E-state index is 11.8. The maximum Gasteiger partial charge on any atom is 0.328 e. The third kappa shape index (κ3) is 2.34. The van der Waals surface area contributed by atoms with Crippen molar-refractivity contribution in [2.24, 2.45) is 0 Å². The predicted octanol–water partition coefficient (Wildman–Crippen LogP) is 1.96. The summed E-state index contributed by atoms with van der Waals surface area (Å²) in [7, 11) is 0. The molecule has 0 unspecified atom stereocenters. The number of urea groups is 1. The van der Waals surface area contributed by atoms with Gasteiger partial charge in [0.25, 0.3) is 0 Å². The first-order valence-corrected chi connectivity index (χ1v) is 6.07. The maximum absolute atomic E-state index is 11.8. The van der Waals surface area contributed by atoms with Crippen LogP contribution < -0.4 is 10.2 Å². The van der Waals surface area contributed by atoms with Crippen LogP contribution in [0.1, 0.15) is 37.4 Å². The van der Waals surface area contributed by atoms with Crippen molar-refractivity contribution in [2.45, 2.75) is 33.1 Å². The molecular weight excluding hydrogens is 230 g/mol. The third-order valence-corrected chi connectivity index (χ3v) is 3.09. The monoisotopic (exact) mass is 247 g/mol. The Morgan fingerprint density at radius 1 is 1.39 bits per heavy atom. The highest BCUT2D eigenvalue weighted by Crippen LogP contribution is 2.25. The van der Waals surface area contributed by atoms with Gasteiger partial charge in [0.1, 0.15) is 0 Å². The Balaban J connectivity index is 2.35. The average Bonchev–Trinajstić information content (AvgIpc) is 2.30. The van der Waals surface area contributed by atoms with Gasteiger partial charge in [-0.2, -0.15) is 0 Å². The number of carbonyl (C=O) groups is 2. The van der Waals surface area contributed by atoms with E-state index in [0.29, 0.717) is 18.9 Å². The van der Waals surface area contributed by atoms with E-state index >= 15 is 0 Å². The summed E-state index contributed by atoms with van der Waals surface area (Å²) in [6, 6.07) is 1.61. The van der Waals surface area contributed by atoms with Crippen LogP contribution in [0, 0.1) is 6.92 Å². The van der Waals surface area contributed by atoms with Gasteiger partial charge >= 0.3 is 6.03 Å². The van der Waals surface area contributed by atoms with Gasteiger partial charge in [-0.05, 0) is 24.5 Å². The zero-order valence-electron chi connectivity index (χ0n) is 10.9. The molecule has 0 aliphatic carbocycles. The van der Waals surface area contributed by atoms with Gasteiger partial charge in [-0.3, -0.25) is 20.0 Å². The van der Waals surface area contributed by atoms with Gasteiger partial charge in [0.05, 0.1) is 11.4 Å². The Morgan fingerprint density at radius 2 is 2.11 bits per heavy atom. The van der Waals surface area contributed by atoms with Crippen LogP contribution in [0.2, 0.25) is 0 Å². The molecule has 18 heavy (non-hydrogen) atoms. The number of pyridine rings is 1. The van der Waals surface area contributed by atoms with Crippen LogP contribution in [0.4, 0.5) is 10.5 Å². The summed E-state index contributed by atoms with van der Waals surface area (Å²) in [5.41, 5.74) is 2.66. The smallest absolute Gasteiger partial charge is 0.292 e. The molecule has 96 valence electrons. The molecule has 0 atom stereocenters. The van der Waals surface area contributed by atoms with Gasteiger partial charge in [-0.15, -0.1) is 0 Å². The minimum absolute atomic E-state index is 0.220. The highest BCUT2D eigenvalue weighted by Gasteiger charge is 2.25. The number of anilines is 1. The lowest BCUT2D eigenvalue weighted by atomic mass is 10.0. The highest BCUT2D eigenvalue weighted by atomic mass is 16.2. The predicted molar refractivity (Wildman–Crippen MR) is 68.6 cm³/mol. The molecule has 1 N–H and O–H groups in total. The second-order valence-corrected chi connectivity index (χ2v) is 4.78. The van der Waals surface area contributed by atoms with E-state index in [2.05, 4.69) is 24.1 Å². The summed E-state index contributed by atoms with van der Waals surface area (Å²) in [6.45, 7) is 6.43. The Hall–Kier alpha value is -1.91. The fourth-order valence-corrected chi connectivity index (χ4v) is 1.92. The lowest BCUT2D eigenvalue weighted by Crippen LogP contribution is -2.49. The molecule has 1 saturated heterocycles. The lowest BCUT2D eigenvalue weighted by Gasteiger charge is -2.28. The van der Waals surface area contributed by atoms with E-state index in [1.165, 1.54) is 0 Å². The Kier molecular flexibility index (Phi) is 3.32. The number of aromatic nitrogens is 1. The van der Waals surface area contributed by atoms with Crippen molar-refractivity contribution in [1.82, 2.24) is 10.3 Å². The number of hydrogen-bond acceptors (Lipinski definition) is 3. The van der Waals surface area contributed by atoms with E-state index in [1.807, 2.05) is 19.2 Å². The lowest BCUT2D eigenvalue weighted by molar-refractivity contribution is -0.120. The number of nitrogens with zero attached hydrogens (tertiary/aromatic N) is 2. The molecule has 0 spiro atoms. The van der Waals surface area contributed by atoms with Crippen molar-refractivity contribution in [3.63, 3.8) is 0 Å². The molecule has 1 aliphatic heterocycles. The van der Waals surface area contributed by atoms with Gasteiger partial charge in [0.15, 0.2) is 0 Å². The summed E-state index contributed by atoms with van der Waals surface area (Å²) in [5, 5.41) is 2.32. The SMILES string of the molecule is Cc1ncc(C(C)C)cc1N1CCC(=O)NC1=O. The Bertz CT molecular complexity index is 497. The standard InChI is InChI=1S/C13H17N3O2/c1-8(2)10-6-11(9(3)14-7-10)16-5-4-12(17)15-13(16)18/h6-8H,4-5H2,1-3H3,(H,15,17,18). The van der Waals surface area contributed by atoms with Gasteiger partial charge in [0.2, 0.25) is 5.91 Å². The number of rotatable bonds is 2. The molecule has 1 aromatic heterocycles. The summed E-state index contributed by atoms with van der Waals surface area (Å²) < 4.78 is 0. The fourth-order valence-electron chi connectivity index (χ4n) is 1.92. The summed E-state index contributed by atoms with van der Waals surface area (Å²) >= 11 is 0.